The zero-order valence-electron chi connectivity index (χ0n) is 21.8. The largest absolute Gasteiger partial charge is 0.378 e. The Bertz CT molecular complexity index is 1470. The monoisotopic (exact) mass is 623 g/mol. The van der Waals surface area contributed by atoms with Crippen molar-refractivity contribution >= 4 is 56.1 Å². The fraction of sp³-hybridized carbons (Fsp3) is 0.323. The second-order valence-corrected chi connectivity index (χ2v) is 13.1. The fourth-order valence-electron chi connectivity index (χ4n) is 5.89. The highest BCUT2D eigenvalue weighted by molar-refractivity contribution is 9.10. The topological polar surface area (TPSA) is 48.6 Å². The van der Waals surface area contributed by atoms with Gasteiger partial charge < -0.3 is 14.6 Å². The number of carbonyl (C=O) groups is 1. The van der Waals surface area contributed by atoms with E-state index in [4.69, 9.17) is 16.3 Å². The molecule has 2 aliphatic heterocycles. The Hall–Kier alpha value is -2.29. The van der Waals surface area contributed by atoms with Crippen LogP contribution in [0.4, 0.5) is 0 Å². The Kier molecular flexibility index (Phi) is 7.79. The van der Waals surface area contributed by atoms with Gasteiger partial charge in [-0.3, -0.25) is 9.69 Å². The Morgan fingerprint density at radius 3 is 2.56 bits per heavy atom. The second-order valence-electron chi connectivity index (χ2n) is 10.4. The third-order valence-electron chi connectivity index (χ3n) is 7.83. The van der Waals surface area contributed by atoms with Gasteiger partial charge in [-0.15, -0.1) is 11.8 Å². The van der Waals surface area contributed by atoms with Gasteiger partial charge >= 0.3 is 0 Å². The number of rotatable bonds is 6. The van der Waals surface area contributed by atoms with Crippen molar-refractivity contribution in [2.24, 2.45) is 0 Å². The number of nitrogens with one attached hydrogen (secondary N) is 1. The molecule has 2 atom stereocenters. The standard InChI is InChI=1S/C31H31BrClN3O2S/c1-21-2-9-25(10-3-21)39-31(30(37)35-14-16-38-17-15-35)12-13-36(20-22-4-6-23(32)7-5-22)29(31)27-19-34-28-18-24(33)8-11-26(27)28/h2-11,18-19,29,34H,12-17,20H2,1H3/t29-,31-/m0/s1. The van der Waals surface area contributed by atoms with E-state index < -0.39 is 4.75 Å². The van der Waals surface area contributed by atoms with E-state index >= 15 is 0 Å². The molecule has 6 rings (SSSR count). The maximum Gasteiger partial charge on any atom is 0.241 e. The van der Waals surface area contributed by atoms with Crippen LogP contribution in [0.5, 0.6) is 0 Å². The molecule has 1 amide bonds. The van der Waals surface area contributed by atoms with Crippen molar-refractivity contribution in [3.63, 3.8) is 0 Å². The molecular formula is C31H31BrClN3O2S. The number of likely N-dealkylation sites (tertiary alicyclic amines) is 1. The number of H-pyrrole nitrogens is 1. The second kappa shape index (κ2) is 11.3. The van der Waals surface area contributed by atoms with Crippen molar-refractivity contribution in [2.45, 2.75) is 35.6 Å². The molecule has 0 saturated carbocycles. The molecule has 39 heavy (non-hydrogen) atoms. The van der Waals surface area contributed by atoms with Gasteiger partial charge in [0.05, 0.1) is 19.3 Å². The molecule has 8 heteroatoms. The van der Waals surface area contributed by atoms with Crippen LogP contribution in [0.25, 0.3) is 10.9 Å². The van der Waals surface area contributed by atoms with Gasteiger partial charge in [0, 0.05) is 57.7 Å². The summed E-state index contributed by atoms with van der Waals surface area (Å²) in [6.07, 6.45) is 2.84. The van der Waals surface area contributed by atoms with Crippen molar-refractivity contribution in [1.82, 2.24) is 14.8 Å². The number of hydrogen-bond donors (Lipinski definition) is 1. The molecule has 5 nitrogen and oxygen atoms in total. The van der Waals surface area contributed by atoms with Crippen molar-refractivity contribution < 1.29 is 9.53 Å². The highest BCUT2D eigenvalue weighted by atomic mass is 79.9. The number of fused-ring (bicyclic) bond motifs is 1. The molecular weight excluding hydrogens is 594 g/mol. The maximum absolute atomic E-state index is 14.7. The highest BCUT2D eigenvalue weighted by Gasteiger charge is 2.56. The van der Waals surface area contributed by atoms with Gasteiger partial charge in [-0.1, -0.05) is 63.4 Å². The number of benzene rings is 3. The van der Waals surface area contributed by atoms with Gasteiger partial charge in [-0.25, -0.2) is 0 Å². The first-order valence-electron chi connectivity index (χ1n) is 13.3. The van der Waals surface area contributed by atoms with Crippen LogP contribution in [0.3, 0.4) is 0 Å². The van der Waals surface area contributed by atoms with Crippen molar-refractivity contribution in [2.75, 3.05) is 32.8 Å². The molecule has 2 fully saturated rings. The van der Waals surface area contributed by atoms with Crippen LogP contribution in [-0.4, -0.2) is 58.3 Å². The summed E-state index contributed by atoms with van der Waals surface area (Å²) in [5.74, 6) is 0.197. The summed E-state index contributed by atoms with van der Waals surface area (Å²) in [7, 11) is 0. The first-order chi connectivity index (χ1) is 18.9. The zero-order valence-corrected chi connectivity index (χ0v) is 25.0. The maximum atomic E-state index is 14.7. The van der Waals surface area contributed by atoms with E-state index in [2.05, 4.69) is 93.5 Å². The number of nitrogens with zero attached hydrogens (tertiary/aromatic N) is 2. The molecule has 0 spiro atoms. The van der Waals surface area contributed by atoms with E-state index in [1.807, 2.05) is 17.0 Å². The summed E-state index contributed by atoms with van der Waals surface area (Å²) in [5, 5.41) is 1.80. The van der Waals surface area contributed by atoms with Gasteiger partial charge in [0.1, 0.15) is 4.75 Å². The molecule has 4 aromatic rings. The van der Waals surface area contributed by atoms with Crippen LogP contribution in [0.2, 0.25) is 5.02 Å². The van der Waals surface area contributed by atoms with Crippen molar-refractivity contribution in [3.05, 3.63) is 99.1 Å². The number of halogens is 2. The van der Waals surface area contributed by atoms with E-state index in [-0.39, 0.29) is 11.9 Å². The van der Waals surface area contributed by atoms with Crippen LogP contribution < -0.4 is 0 Å². The van der Waals surface area contributed by atoms with E-state index in [1.165, 1.54) is 11.1 Å². The van der Waals surface area contributed by atoms with Crippen molar-refractivity contribution in [3.8, 4) is 0 Å². The van der Waals surface area contributed by atoms with Crippen LogP contribution >= 0.6 is 39.3 Å². The van der Waals surface area contributed by atoms with Crippen molar-refractivity contribution in [1.29, 1.82) is 0 Å². The number of amides is 1. The Morgan fingerprint density at radius 1 is 1.08 bits per heavy atom. The van der Waals surface area contributed by atoms with Crippen LogP contribution in [-0.2, 0) is 16.1 Å². The highest BCUT2D eigenvalue weighted by Crippen LogP contribution is 2.54. The number of aromatic nitrogens is 1. The van der Waals surface area contributed by atoms with Gasteiger partial charge in [-0.05, 0) is 60.9 Å². The number of carbonyl (C=O) groups excluding carboxylic acids is 1. The Balaban J connectivity index is 1.49. The van der Waals surface area contributed by atoms with Gasteiger partial charge in [0.2, 0.25) is 5.91 Å². The lowest BCUT2D eigenvalue weighted by molar-refractivity contribution is -0.138. The number of thioether (sulfide) groups is 1. The number of morpholine rings is 1. The zero-order chi connectivity index (χ0) is 27.0. The lowest BCUT2D eigenvalue weighted by Gasteiger charge is -2.41. The van der Waals surface area contributed by atoms with Gasteiger partial charge in [0.15, 0.2) is 0 Å². The molecule has 0 aliphatic carbocycles. The van der Waals surface area contributed by atoms with E-state index in [0.29, 0.717) is 31.3 Å². The minimum absolute atomic E-state index is 0.141. The number of ether oxygens (including phenoxy) is 1. The first-order valence-corrected chi connectivity index (χ1v) is 15.3. The lowest BCUT2D eigenvalue weighted by atomic mass is 9.90. The van der Waals surface area contributed by atoms with Gasteiger partial charge in [0.25, 0.3) is 0 Å². The molecule has 2 saturated heterocycles. The Labute approximate surface area is 247 Å². The summed E-state index contributed by atoms with van der Waals surface area (Å²) in [6.45, 7) is 6.07. The normalized spacial score (nSPS) is 22.0. The number of aryl methyl sites for hydroxylation is 1. The average molecular weight is 625 g/mol. The van der Waals surface area contributed by atoms with E-state index in [0.717, 1.165) is 45.3 Å². The van der Waals surface area contributed by atoms with Crippen LogP contribution in [0, 0.1) is 6.92 Å². The average Bonchev–Trinajstić information content (AvgIpc) is 3.52. The third kappa shape index (κ3) is 5.40. The molecule has 0 bridgehead atoms. The molecule has 1 N–H and O–H groups in total. The van der Waals surface area contributed by atoms with Gasteiger partial charge in [-0.2, -0.15) is 0 Å². The Morgan fingerprint density at radius 2 is 1.82 bits per heavy atom. The number of aromatic amines is 1. The molecule has 1 aromatic heterocycles. The lowest BCUT2D eigenvalue weighted by Crippen LogP contribution is -2.53. The molecule has 3 aromatic carbocycles. The summed E-state index contributed by atoms with van der Waals surface area (Å²) < 4.78 is 5.98. The smallest absolute Gasteiger partial charge is 0.241 e. The SMILES string of the molecule is Cc1ccc(S[C@@]2(C(=O)N3CCOCC3)CCN(Cc3ccc(Br)cc3)[C@H]2c2c[nH]c3cc(Cl)ccc23)cc1. The summed E-state index contributed by atoms with van der Waals surface area (Å²) in [6, 6.07) is 22.9. The van der Waals surface area contributed by atoms with Crippen LogP contribution in [0.15, 0.2) is 82.3 Å². The summed E-state index contributed by atoms with van der Waals surface area (Å²) in [5.41, 5.74) is 4.56. The van der Waals surface area contributed by atoms with E-state index in [1.54, 1.807) is 11.8 Å². The summed E-state index contributed by atoms with van der Waals surface area (Å²) in [4.78, 5) is 23.8. The predicted octanol–water partition coefficient (Wildman–Crippen LogP) is 7.23. The predicted molar refractivity (Wildman–Crippen MR) is 162 cm³/mol. The van der Waals surface area contributed by atoms with E-state index in [9.17, 15) is 4.79 Å². The number of hydrogen-bond acceptors (Lipinski definition) is 4. The molecule has 0 unspecified atom stereocenters. The van der Waals surface area contributed by atoms with Crippen LogP contribution in [0.1, 0.15) is 29.2 Å². The minimum Gasteiger partial charge on any atom is -0.378 e. The minimum atomic E-state index is -0.698. The molecule has 0 radical (unpaired) electrons. The molecule has 3 heterocycles. The molecule has 202 valence electrons. The third-order valence-corrected chi connectivity index (χ3v) is 10.1. The fourth-order valence-corrected chi connectivity index (χ4v) is 7.81. The molecule has 2 aliphatic rings. The quantitative estimate of drug-likeness (QED) is 0.246. The first kappa shape index (κ1) is 26.9. The summed E-state index contributed by atoms with van der Waals surface area (Å²) >= 11 is 11.6.